The molecule has 2 nitrogen and oxygen atoms in total. The molecule has 1 unspecified atom stereocenters. The highest BCUT2D eigenvalue weighted by atomic mass is 32.2. The first kappa shape index (κ1) is 14.1. The lowest BCUT2D eigenvalue weighted by Crippen LogP contribution is -2.29. The summed E-state index contributed by atoms with van der Waals surface area (Å²) in [5.74, 6) is 5.44. The third kappa shape index (κ3) is 3.15. The normalized spacial score (nSPS) is 12.4. The van der Waals surface area contributed by atoms with Crippen molar-refractivity contribution in [1.82, 2.24) is 5.43 Å². The van der Waals surface area contributed by atoms with Gasteiger partial charge in [0, 0.05) is 4.90 Å². The molecule has 3 N–H and O–H groups in total. The molecule has 0 radical (unpaired) electrons. The highest BCUT2D eigenvalue weighted by Crippen LogP contribution is 2.30. The summed E-state index contributed by atoms with van der Waals surface area (Å²) in [6, 6.07) is 12.8. The van der Waals surface area contributed by atoms with Gasteiger partial charge in [0.15, 0.2) is 0 Å². The molecule has 0 heterocycles. The molecule has 0 fully saturated rings. The van der Waals surface area contributed by atoms with Crippen molar-refractivity contribution in [3.8, 4) is 0 Å². The van der Waals surface area contributed by atoms with E-state index in [9.17, 15) is 4.39 Å². The SMILES string of the molecule is CSc1ccccc1C(NN)c1cc(C)cc(F)c1. The van der Waals surface area contributed by atoms with Crippen LogP contribution in [0.5, 0.6) is 0 Å². The maximum Gasteiger partial charge on any atom is 0.123 e. The molecule has 0 spiro atoms. The Balaban J connectivity index is 2.49. The van der Waals surface area contributed by atoms with Gasteiger partial charge >= 0.3 is 0 Å². The molecule has 2 aromatic rings. The summed E-state index contributed by atoms with van der Waals surface area (Å²) in [7, 11) is 0. The summed E-state index contributed by atoms with van der Waals surface area (Å²) in [6.45, 7) is 1.88. The Kier molecular flexibility index (Phi) is 4.58. The van der Waals surface area contributed by atoms with Crippen LogP contribution < -0.4 is 11.3 Å². The number of rotatable bonds is 4. The van der Waals surface area contributed by atoms with Crippen molar-refractivity contribution in [2.24, 2.45) is 5.84 Å². The summed E-state index contributed by atoms with van der Waals surface area (Å²) in [6.07, 6.45) is 2.02. The molecular weight excluding hydrogens is 259 g/mol. The van der Waals surface area contributed by atoms with Gasteiger partial charge in [-0.1, -0.05) is 24.3 Å². The predicted molar refractivity (Wildman–Crippen MR) is 78.5 cm³/mol. The smallest absolute Gasteiger partial charge is 0.123 e. The van der Waals surface area contributed by atoms with Gasteiger partial charge in [0.05, 0.1) is 6.04 Å². The van der Waals surface area contributed by atoms with E-state index < -0.39 is 0 Å². The Bertz CT molecular complexity index is 552. The molecule has 0 amide bonds. The monoisotopic (exact) mass is 276 g/mol. The average Bonchev–Trinajstić information content (AvgIpc) is 2.39. The summed E-state index contributed by atoms with van der Waals surface area (Å²) in [5.41, 5.74) is 5.56. The molecule has 0 aliphatic rings. The number of hydrazine groups is 1. The van der Waals surface area contributed by atoms with Crippen LogP contribution in [0.4, 0.5) is 4.39 Å². The second kappa shape index (κ2) is 6.19. The largest absolute Gasteiger partial charge is 0.271 e. The molecule has 0 saturated heterocycles. The summed E-state index contributed by atoms with van der Waals surface area (Å²) in [4.78, 5) is 1.13. The summed E-state index contributed by atoms with van der Waals surface area (Å²) < 4.78 is 13.5. The van der Waals surface area contributed by atoms with Gasteiger partial charge in [0.1, 0.15) is 5.82 Å². The van der Waals surface area contributed by atoms with Crippen LogP contribution in [0.15, 0.2) is 47.4 Å². The minimum absolute atomic E-state index is 0.210. The minimum Gasteiger partial charge on any atom is -0.271 e. The Hall–Kier alpha value is -1.36. The molecule has 0 aromatic heterocycles. The lowest BCUT2D eigenvalue weighted by molar-refractivity contribution is 0.600. The zero-order chi connectivity index (χ0) is 13.8. The van der Waals surface area contributed by atoms with E-state index in [4.69, 9.17) is 5.84 Å². The summed E-state index contributed by atoms with van der Waals surface area (Å²) >= 11 is 1.65. The fourth-order valence-corrected chi connectivity index (χ4v) is 2.84. The van der Waals surface area contributed by atoms with Crippen LogP contribution >= 0.6 is 11.8 Å². The van der Waals surface area contributed by atoms with Crippen molar-refractivity contribution < 1.29 is 4.39 Å². The van der Waals surface area contributed by atoms with E-state index in [-0.39, 0.29) is 11.9 Å². The van der Waals surface area contributed by atoms with Crippen molar-refractivity contribution in [3.63, 3.8) is 0 Å². The Morgan fingerprint density at radius 3 is 2.58 bits per heavy atom. The van der Waals surface area contributed by atoms with Crippen LogP contribution in [0.25, 0.3) is 0 Å². The van der Waals surface area contributed by atoms with E-state index in [2.05, 4.69) is 5.43 Å². The average molecular weight is 276 g/mol. The molecule has 0 aliphatic carbocycles. The molecule has 100 valence electrons. The van der Waals surface area contributed by atoms with Crippen molar-refractivity contribution in [3.05, 3.63) is 65.0 Å². The summed E-state index contributed by atoms with van der Waals surface area (Å²) in [5, 5.41) is 0. The van der Waals surface area contributed by atoms with E-state index in [1.54, 1.807) is 11.8 Å². The zero-order valence-electron chi connectivity index (χ0n) is 11.0. The lowest BCUT2D eigenvalue weighted by atomic mass is 9.97. The number of nitrogens with one attached hydrogen (secondary N) is 1. The molecule has 1 atom stereocenters. The molecule has 2 rings (SSSR count). The highest BCUT2D eigenvalue weighted by Gasteiger charge is 2.16. The quantitative estimate of drug-likeness (QED) is 0.510. The molecule has 0 saturated carbocycles. The van der Waals surface area contributed by atoms with Crippen molar-refractivity contribution in [2.45, 2.75) is 17.9 Å². The Morgan fingerprint density at radius 1 is 1.21 bits per heavy atom. The van der Waals surface area contributed by atoms with Gasteiger partial charge in [-0.05, 0) is 48.1 Å². The number of hydrogen-bond acceptors (Lipinski definition) is 3. The fraction of sp³-hybridized carbons (Fsp3) is 0.200. The number of hydrogen-bond donors (Lipinski definition) is 2. The van der Waals surface area contributed by atoms with E-state index >= 15 is 0 Å². The molecular formula is C15H17FN2S. The zero-order valence-corrected chi connectivity index (χ0v) is 11.8. The van der Waals surface area contributed by atoms with Crippen LogP contribution in [-0.4, -0.2) is 6.26 Å². The van der Waals surface area contributed by atoms with Gasteiger partial charge < -0.3 is 0 Å². The van der Waals surface area contributed by atoms with E-state index in [0.29, 0.717) is 0 Å². The third-order valence-corrected chi connectivity index (χ3v) is 3.83. The number of thioether (sulfide) groups is 1. The van der Waals surface area contributed by atoms with E-state index in [1.165, 1.54) is 12.1 Å². The second-order valence-corrected chi connectivity index (χ2v) is 5.25. The van der Waals surface area contributed by atoms with Crippen LogP contribution in [0.2, 0.25) is 0 Å². The van der Waals surface area contributed by atoms with Crippen LogP contribution in [-0.2, 0) is 0 Å². The minimum atomic E-state index is -0.239. The van der Waals surface area contributed by atoms with Crippen LogP contribution in [0.1, 0.15) is 22.7 Å². The molecule has 4 heteroatoms. The first-order valence-electron chi connectivity index (χ1n) is 6.02. The van der Waals surface area contributed by atoms with Crippen molar-refractivity contribution >= 4 is 11.8 Å². The third-order valence-electron chi connectivity index (χ3n) is 3.01. The topological polar surface area (TPSA) is 38.0 Å². The van der Waals surface area contributed by atoms with Gasteiger partial charge in [-0.15, -0.1) is 11.8 Å². The van der Waals surface area contributed by atoms with E-state index in [1.807, 2.05) is 43.5 Å². The van der Waals surface area contributed by atoms with Gasteiger partial charge in [-0.2, -0.15) is 0 Å². The highest BCUT2D eigenvalue weighted by molar-refractivity contribution is 7.98. The molecule has 0 bridgehead atoms. The molecule has 19 heavy (non-hydrogen) atoms. The Morgan fingerprint density at radius 2 is 1.95 bits per heavy atom. The standard InChI is InChI=1S/C15H17FN2S/c1-10-7-11(9-12(16)8-10)15(18-17)13-5-3-4-6-14(13)19-2/h3-9,15,18H,17H2,1-2H3. The van der Waals surface area contributed by atoms with Crippen molar-refractivity contribution in [1.29, 1.82) is 0 Å². The Labute approximate surface area is 117 Å². The first-order chi connectivity index (χ1) is 9.15. The number of halogens is 1. The number of aryl methyl sites for hydroxylation is 1. The van der Waals surface area contributed by atoms with Crippen LogP contribution in [0.3, 0.4) is 0 Å². The van der Waals surface area contributed by atoms with E-state index in [0.717, 1.165) is 21.6 Å². The van der Waals surface area contributed by atoms with Gasteiger partial charge in [0.2, 0.25) is 0 Å². The number of benzene rings is 2. The lowest BCUT2D eigenvalue weighted by Gasteiger charge is -2.20. The maximum atomic E-state index is 13.5. The number of nitrogens with two attached hydrogens (primary N) is 1. The molecule has 2 aromatic carbocycles. The fourth-order valence-electron chi connectivity index (χ4n) is 2.20. The van der Waals surface area contributed by atoms with Gasteiger partial charge in [0.25, 0.3) is 0 Å². The van der Waals surface area contributed by atoms with Gasteiger partial charge in [-0.3, -0.25) is 5.84 Å². The second-order valence-electron chi connectivity index (χ2n) is 4.40. The first-order valence-corrected chi connectivity index (χ1v) is 7.24. The maximum absolute atomic E-state index is 13.5. The van der Waals surface area contributed by atoms with Gasteiger partial charge in [-0.25, -0.2) is 9.82 Å². The molecule has 0 aliphatic heterocycles. The van der Waals surface area contributed by atoms with Crippen LogP contribution in [0, 0.1) is 12.7 Å². The van der Waals surface area contributed by atoms with Crippen molar-refractivity contribution in [2.75, 3.05) is 6.26 Å². The predicted octanol–water partition coefficient (Wildman–Crippen LogP) is 3.41.